The quantitative estimate of drug-likeness (QED) is 0.482. The predicted molar refractivity (Wildman–Crippen MR) is 133 cm³/mol. The first-order valence-corrected chi connectivity index (χ1v) is 12.6. The number of carbonyl (C=O) groups is 1. The molecule has 0 aliphatic heterocycles. The zero-order valence-electron chi connectivity index (χ0n) is 21.0. The van der Waals surface area contributed by atoms with Crippen LogP contribution in [0.3, 0.4) is 0 Å². The molecule has 0 bridgehead atoms. The molecule has 0 amide bonds. The summed E-state index contributed by atoms with van der Waals surface area (Å²) in [6.45, 7) is 12.7. The van der Waals surface area contributed by atoms with Crippen molar-refractivity contribution in [2.24, 2.45) is 11.3 Å². The molecule has 1 aromatic carbocycles. The highest BCUT2D eigenvalue weighted by Crippen LogP contribution is 2.40. The molecule has 4 nitrogen and oxygen atoms in total. The summed E-state index contributed by atoms with van der Waals surface area (Å²) in [4.78, 5) is 12.5. The highest BCUT2D eigenvalue weighted by molar-refractivity contribution is 5.76. The van der Waals surface area contributed by atoms with Crippen LogP contribution in [-0.2, 0) is 9.53 Å². The van der Waals surface area contributed by atoms with Crippen molar-refractivity contribution in [3.8, 4) is 0 Å². The van der Waals surface area contributed by atoms with Crippen molar-refractivity contribution in [1.82, 2.24) is 10.6 Å². The Morgan fingerprint density at radius 3 is 2.25 bits per heavy atom. The average Bonchev–Trinajstić information content (AvgIpc) is 3.50. The van der Waals surface area contributed by atoms with Gasteiger partial charge in [-0.1, -0.05) is 48.9 Å². The molecule has 0 spiro atoms. The van der Waals surface area contributed by atoms with E-state index in [0.29, 0.717) is 30.6 Å². The second kappa shape index (κ2) is 10.5. The van der Waals surface area contributed by atoms with Crippen LogP contribution in [0.5, 0.6) is 0 Å². The maximum absolute atomic E-state index is 12.5. The molecule has 2 saturated carbocycles. The summed E-state index contributed by atoms with van der Waals surface area (Å²) in [5, 5.41) is 7.58. The molecule has 0 radical (unpaired) electrons. The molecule has 0 saturated heterocycles. The number of rotatable bonds is 9. The van der Waals surface area contributed by atoms with Gasteiger partial charge in [-0.3, -0.25) is 4.79 Å². The number of hydrogen-bond acceptors (Lipinski definition) is 4. The van der Waals surface area contributed by atoms with Crippen LogP contribution in [0.4, 0.5) is 0 Å². The van der Waals surface area contributed by atoms with Gasteiger partial charge in [-0.2, -0.15) is 0 Å². The van der Waals surface area contributed by atoms with Crippen molar-refractivity contribution in [1.29, 1.82) is 0 Å². The molecule has 4 heteroatoms. The zero-order chi connectivity index (χ0) is 23.4. The first-order chi connectivity index (χ1) is 15.1. The predicted octanol–water partition coefficient (Wildman–Crippen LogP) is 5.73. The Morgan fingerprint density at radius 2 is 1.66 bits per heavy atom. The molecular formula is C28H44N2O2. The Bertz CT molecular complexity index is 770. The largest absolute Gasteiger partial charge is 0.460 e. The molecule has 0 aromatic heterocycles. The zero-order valence-corrected chi connectivity index (χ0v) is 21.0. The van der Waals surface area contributed by atoms with Crippen LogP contribution in [0.2, 0.25) is 0 Å². The Morgan fingerprint density at radius 1 is 1.03 bits per heavy atom. The van der Waals surface area contributed by atoms with Gasteiger partial charge in [0.05, 0.1) is 5.41 Å². The molecule has 2 aliphatic carbocycles. The number of benzene rings is 1. The van der Waals surface area contributed by atoms with Crippen molar-refractivity contribution >= 4 is 12.0 Å². The maximum Gasteiger partial charge on any atom is 0.313 e. The van der Waals surface area contributed by atoms with Crippen LogP contribution in [0.15, 0.2) is 35.9 Å². The molecule has 1 unspecified atom stereocenters. The molecule has 178 valence electrons. The second-order valence-corrected chi connectivity index (χ2v) is 11.4. The molecule has 2 aliphatic rings. The van der Waals surface area contributed by atoms with E-state index in [0.717, 1.165) is 6.42 Å². The van der Waals surface area contributed by atoms with E-state index in [2.05, 4.69) is 54.0 Å². The molecule has 0 heterocycles. The van der Waals surface area contributed by atoms with Crippen LogP contribution < -0.4 is 10.6 Å². The first-order valence-electron chi connectivity index (χ1n) is 12.6. The summed E-state index contributed by atoms with van der Waals surface area (Å²) in [7, 11) is 0. The number of nitrogens with one attached hydrogen (secondary N) is 2. The van der Waals surface area contributed by atoms with Crippen LogP contribution in [0.1, 0.15) is 85.6 Å². The van der Waals surface area contributed by atoms with Gasteiger partial charge in [-0.15, -0.1) is 0 Å². The molecule has 2 N–H and O–H groups in total. The van der Waals surface area contributed by atoms with Crippen molar-refractivity contribution in [2.75, 3.05) is 6.54 Å². The topological polar surface area (TPSA) is 50.4 Å². The normalized spacial score (nSPS) is 26.6. The van der Waals surface area contributed by atoms with Crippen LogP contribution in [0.25, 0.3) is 6.08 Å². The van der Waals surface area contributed by atoms with E-state index in [4.69, 9.17) is 4.74 Å². The molecule has 32 heavy (non-hydrogen) atoms. The van der Waals surface area contributed by atoms with E-state index < -0.39 is 11.0 Å². The Balaban J connectivity index is 1.39. The third-order valence-electron chi connectivity index (χ3n) is 6.79. The van der Waals surface area contributed by atoms with Crippen molar-refractivity contribution in [3.63, 3.8) is 0 Å². The highest BCUT2D eigenvalue weighted by atomic mass is 16.6. The fraction of sp³-hybridized carbons (Fsp3) is 0.679. The Labute approximate surface area is 195 Å². The minimum absolute atomic E-state index is 0.122. The van der Waals surface area contributed by atoms with Crippen molar-refractivity contribution in [3.05, 3.63) is 41.5 Å². The van der Waals surface area contributed by atoms with E-state index >= 15 is 0 Å². The minimum atomic E-state index is -0.509. The second-order valence-electron chi connectivity index (χ2n) is 11.4. The monoisotopic (exact) mass is 440 g/mol. The van der Waals surface area contributed by atoms with Crippen molar-refractivity contribution < 1.29 is 9.53 Å². The van der Waals surface area contributed by atoms with Crippen LogP contribution in [0, 0.1) is 11.3 Å². The van der Waals surface area contributed by atoms with E-state index in [9.17, 15) is 4.79 Å². The third kappa shape index (κ3) is 7.45. The van der Waals surface area contributed by atoms with E-state index in [1.807, 2.05) is 34.6 Å². The lowest BCUT2D eigenvalue weighted by molar-refractivity contribution is -0.165. The minimum Gasteiger partial charge on any atom is -0.460 e. The fourth-order valence-corrected chi connectivity index (χ4v) is 4.68. The van der Waals surface area contributed by atoms with Crippen molar-refractivity contribution in [2.45, 2.75) is 104 Å². The summed E-state index contributed by atoms with van der Waals surface area (Å²) < 4.78 is 5.59. The molecule has 2 atom stereocenters. The molecule has 1 aromatic rings. The van der Waals surface area contributed by atoms with Gasteiger partial charge >= 0.3 is 5.97 Å². The Kier molecular flexibility index (Phi) is 8.21. The van der Waals surface area contributed by atoms with Gasteiger partial charge in [0.15, 0.2) is 0 Å². The molecule has 2 fully saturated rings. The summed E-state index contributed by atoms with van der Waals surface area (Å²) in [6, 6.07) is 12.5. The lowest BCUT2D eigenvalue weighted by atomic mass is 9.88. The summed E-state index contributed by atoms with van der Waals surface area (Å²) in [6.07, 6.45) is 9.53. The van der Waals surface area contributed by atoms with Gasteiger partial charge < -0.3 is 15.4 Å². The summed E-state index contributed by atoms with van der Waals surface area (Å²) in [5.41, 5.74) is 1.95. The average molecular weight is 441 g/mol. The lowest BCUT2D eigenvalue weighted by Gasteiger charge is -2.33. The van der Waals surface area contributed by atoms with Crippen LogP contribution in [-0.4, -0.2) is 36.2 Å². The third-order valence-corrected chi connectivity index (χ3v) is 6.79. The van der Waals surface area contributed by atoms with Gasteiger partial charge in [-0.25, -0.2) is 0 Å². The number of ether oxygens (including phenoxy) is 1. The molecule has 3 rings (SSSR count). The van der Waals surface area contributed by atoms with E-state index in [-0.39, 0.29) is 5.97 Å². The smallest absolute Gasteiger partial charge is 0.313 e. The van der Waals surface area contributed by atoms with Crippen LogP contribution >= 0.6 is 0 Å². The Hall–Kier alpha value is -1.65. The van der Waals surface area contributed by atoms with Gasteiger partial charge in [0, 0.05) is 24.7 Å². The SMILES string of the molecule is CCC(=Cc1ccccc1)C1C[C@@H]1NC1CCC(NCC(C)(C)C(=O)OC(C)(C)C)CC1. The van der Waals surface area contributed by atoms with E-state index in [1.165, 1.54) is 37.7 Å². The lowest BCUT2D eigenvalue weighted by Crippen LogP contribution is -2.46. The number of esters is 1. The maximum atomic E-state index is 12.5. The summed E-state index contributed by atoms with van der Waals surface area (Å²) >= 11 is 0. The van der Waals surface area contributed by atoms with Gasteiger partial charge in [-0.05, 0) is 84.6 Å². The number of hydrogen-bond donors (Lipinski definition) is 2. The standard InChI is InChI=1S/C28H44N2O2/c1-7-21(17-20-11-9-8-10-12-20)24-18-25(24)30-23-15-13-22(14-16-23)29-19-28(5,6)26(31)32-27(2,3)4/h8-12,17,22-25,29-30H,7,13-16,18-19H2,1-6H3/t22?,23?,24?,25-/m0/s1. The molecular weight excluding hydrogens is 396 g/mol. The first kappa shape index (κ1) is 25.0. The number of carbonyl (C=O) groups excluding carboxylic acids is 1. The highest BCUT2D eigenvalue weighted by Gasteiger charge is 2.40. The fourth-order valence-electron chi connectivity index (χ4n) is 4.68. The van der Waals surface area contributed by atoms with Gasteiger partial charge in [0.2, 0.25) is 0 Å². The van der Waals surface area contributed by atoms with Gasteiger partial charge in [0.1, 0.15) is 5.60 Å². The summed E-state index contributed by atoms with van der Waals surface area (Å²) in [5.74, 6) is 0.577. The van der Waals surface area contributed by atoms with Gasteiger partial charge in [0.25, 0.3) is 0 Å². The van der Waals surface area contributed by atoms with E-state index in [1.54, 1.807) is 5.57 Å².